The average Bonchev–Trinajstić information content (AvgIpc) is 2.55. The lowest BCUT2D eigenvalue weighted by Gasteiger charge is -2.10. The fraction of sp³-hybridized carbons (Fsp3) is 0.632. The molecule has 0 unspecified atom stereocenters. The van der Waals surface area contributed by atoms with Crippen molar-refractivity contribution in [3.05, 3.63) is 34.9 Å². The van der Waals surface area contributed by atoms with E-state index in [0.717, 1.165) is 29.6 Å². The van der Waals surface area contributed by atoms with Crippen molar-refractivity contribution in [1.29, 1.82) is 0 Å². The lowest BCUT2D eigenvalue weighted by atomic mass is 10.1. The molecule has 0 aromatic heterocycles. The summed E-state index contributed by atoms with van der Waals surface area (Å²) >= 11 is 11.2. The lowest BCUT2D eigenvalue weighted by molar-refractivity contribution is 0.572. The van der Waals surface area contributed by atoms with E-state index in [-0.39, 0.29) is 0 Å². The van der Waals surface area contributed by atoms with Gasteiger partial charge in [0.1, 0.15) is 0 Å². The number of hydrogen-bond donors (Lipinski definition) is 2. The monoisotopic (exact) mass is 354 g/mol. The number of benzene rings is 1. The molecule has 1 rings (SSSR count). The van der Waals surface area contributed by atoms with Crippen molar-refractivity contribution in [2.24, 2.45) is 0 Å². The molecule has 0 aliphatic heterocycles. The Labute approximate surface area is 152 Å². The first kappa shape index (κ1) is 20.2. The molecule has 0 amide bonds. The van der Waals surface area contributed by atoms with E-state index in [4.69, 9.17) is 23.8 Å². The van der Waals surface area contributed by atoms with Crippen LogP contribution >= 0.6 is 23.8 Å². The summed E-state index contributed by atoms with van der Waals surface area (Å²) < 4.78 is 0. The Morgan fingerprint density at radius 1 is 0.870 bits per heavy atom. The molecule has 1 aromatic carbocycles. The minimum atomic E-state index is 0.766. The first-order valence-electron chi connectivity index (χ1n) is 8.98. The molecule has 1 aromatic rings. The van der Waals surface area contributed by atoms with Gasteiger partial charge >= 0.3 is 0 Å². The normalized spacial score (nSPS) is 10.5. The molecule has 0 atom stereocenters. The topological polar surface area (TPSA) is 24.1 Å². The molecule has 0 saturated carbocycles. The van der Waals surface area contributed by atoms with Gasteiger partial charge in [0.05, 0.1) is 0 Å². The van der Waals surface area contributed by atoms with E-state index in [1.165, 1.54) is 56.9 Å². The Bertz CT molecular complexity index is 420. The van der Waals surface area contributed by atoms with Crippen molar-refractivity contribution in [3.63, 3.8) is 0 Å². The molecular weight excluding hydrogens is 324 g/mol. The molecule has 2 nitrogen and oxygen atoms in total. The highest BCUT2D eigenvalue weighted by Gasteiger charge is 1.97. The summed E-state index contributed by atoms with van der Waals surface area (Å²) in [5, 5.41) is 8.09. The van der Waals surface area contributed by atoms with E-state index in [2.05, 4.69) is 29.7 Å². The molecule has 0 aliphatic carbocycles. The first-order chi connectivity index (χ1) is 11.2. The van der Waals surface area contributed by atoms with Crippen LogP contribution in [0, 0.1) is 0 Å². The van der Waals surface area contributed by atoms with Crippen LogP contribution in [0.4, 0.5) is 0 Å². The van der Waals surface area contributed by atoms with Crippen molar-refractivity contribution in [3.8, 4) is 0 Å². The van der Waals surface area contributed by atoms with Gasteiger partial charge in [-0.1, -0.05) is 75.6 Å². The van der Waals surface area contributed by atoms with Crippen molar-refractivity contribution in [2.45, 2.75) is 64.7 Å². The predicted molar refractivity (Wildman–Crippen MR) is 106 cm³/mol. The second kappa shape index (κ2) is 13.6. The highest BCUT2D eigenvalue weighted by molar-refractivity contribution is 7.80. The van der Waals surface area contributed by atoms with Gasteiger partial charge in [-0.2, -0.15) is 0 Å². The molecule has 0 radical (unpaired) electrons. The largest absolute Gasteiger partial charge is 0.363 e. The molecule has 2 N–H and O–H groups in total. The lowest BCUT2D eigenvalue weighted by Crippen LogP contribution is -2.36. The summed E-state index contributed by atoms with van der Waals surface area (Å²) in [6.07, 6.45) is 11.7. The fourth-order valence-corrected chi connectivity index (χ4v) is 2.82. The zero-order chi connectivity index (χ0) is 16.8. The van der Waals surface area contributed by atoms with Gasteiger partial charge in [0.15, 0.2) is 5.11 Å². The third-order valence-corrected chi connectivity index (χ3v) is 4.47. The molecule has 0 aliphatic rings. The van der Waals surface area contributed by atoms with E-state index in [0.29, 0.717) is 0 Å². The van der Waals surface area contributed by atoms with Gasteiger partial charge in [-0.15, -0.1) is 0 Å². The maximum absolute atomic E-state index is 5.87. The van der Waals surface area contributed by atoms with E-state index < -0.39 is 0 Å². The summed E-state index contributed by atoms with van der Waals surface area (Å²) in [4.78, 5) is 0. The van der Waals surface area contributed by atoms with Crippen LogP contribution in [0.2, 0.25) is 5.02 Å². The van der Waals surface area contributed by atoms with Crippen molar-refractivity contribution >= 4 is 28.9 Å². The maximum atomic E-state index is 5.87. The van der Waals surface area contributed by atoms with Crippen LogP contribution < -0.4 is 10.6 Å². The molecule has 0 saturated heterocycles. The molecule has 23 heavy (non-hydrogen) atoms. The molecule has 0 fully saturated rings. The van der Waals surface area contributed by atoms with E-state index >= 15 is 0 Å². The number of unbranched alkanes of at least 4 members (excludes halogenated alkanes) is 7. The van der Waals surface area contributed by atoms with Crippen LogP contribution in [0.1, 0.15) is 63.9 Å². The highest BCUT2D eigenvalue weighted by atomic mass is 35.5. The van der Waals surface area contributed by atoms with E-state index in [1.807, 2.05) is 12.1 Å². The van der Waals surface area contributed by atoms with E-state index in [1.54, 1.807) is 0 Å². The second-order valence-electron chi connectivity index (χ2n) is 6.03. The van der Waals surface area contributed by atoms with Crippen LogP contribution in [-0.4, -0.2) is 18.2 Å². The number of halogens is 1. The Morgan fingerprint density at radius 3 is 2.09 bits per heavy atom. The van der Waals surface area contributed by atoms with Crippen LogP contribution in [0.5, 0.6) is 0 Å². The van der Waals surface area contributed by atoms with Gasteiger partial charge in [-0.3, -0.25) is 0 Å². The van der Waals surface area contributed by atoms with Gasteiger partial charge in [-0.25, -0.2) is 0 Å². The van der Waals surface area contributed by atoms with Gasteiger partial charge in [0, 0.05) is 18.1 Å². The average molecular weight is 355 g/mol. The Hall–Kier alpha value is -0.800. The van der Waals surface area contributed by atoms with E-state index in [9.17, 15) is 0 Å². The Balaban J connectivity index is 1.91. The summed E-state index contributed by atoms with van der Waals surface area (Å²) in [6.45, 7) is 4.09. The number of hydrogen-bond acceptors (Lipinski definition) is 1. The zero-order valence-electron chi connectivity index (χ0n) is 14.4. The smallest absolute Gasteiger partial charge is 0.166 e. The molecule has 0 spiro atoms. The standard InChI is InChI=1S/C19H31ClN2S/c1-2-3-4-5-6-7-8-9-15-21-19(23)22-16-14-17-10-12-18(20)13-11-17/h10-13H,2-9,14-16H2,1H3,(H2,21,22,23). The van der Waals surface area contributed by atoms with Crippen LogP contribution in [-0.2, 0) is 6.42 Å². The summed E-state index contributed by atoms with van der Waals surface area (Å²) in [6, 6.07) is 7.97. The fourth-order valence-electron chi connectivity index (χ4n) is 2.49. The molecule has 130 valence electrons. The number of rotatable bonds is 12. The summed E-state index contributed by atoms with van der Waals surface area (Å²) in [7, 11) is 0. The third kappa shape index (κ3) is 11.4. The predicted octanol–water partition coefficient (Wildman–Crippen LogP) is 5.49. The van der Waals surface area contributed by atoms with Crippen molar-refractivity contribution in [1.82, 2.24) is 10.6 Å². The highest BCUT2D eigenvalue weighted by Crippen LogP contribution is 2.09. The SMILES string of the molecule is CCCCCCCCCCNC(=S)NCCc1ccc(Cl)cc1. The molecule has 0 bridgehead atoms. The van der Waals surface area contributed by atoms with Gasteiger partial charge in [-0.05, 0) is 42.8 Å². The van der Waals surface area contributed by atoms with Gasteiger partial charge in [0.25, 0.3) is 0 Å². The quantitative estimate of drug-likeness (QED) is 0.383. The van der Waals surface area contributed by atoms with Gasteiger partial charge < -0.3 is 10.6 Å². The minimum absolute atomic E-state index is 0.766. The second-order valence-corrected chi connectivity index (χ2v) is 6.88. The Kier molecular flexibility index (Phi) is 12.0. The molecule has 0 heterocycles. The summed E-state index contributed by atoms with van der Waals surface area (Å²) in [5.41, 5.74) is 1.27. The molecular formula is C19H31ClN2S. The zero-order valence-corrected chi connectivity index (χ0v) is 15.9. The van der Waals surface area contributed by atoms with Crippen LogP contribution in [0.15, 0.2) is 24.3 Å². The van der Waals surface area contributed by atoms with Gasteiger partial charge in [0.2, 0.25) is 0 Å². The summed E-state index contributed by atoms with van der Waals surface area (Å²) in [5.74, 6) is 0. The maximum Gasteiger partial charge on any atom is 0.166 e. The Morgan fingerprint density at radius 2 is 1.43 bits per heavy atom. The third-order valence-electron chi connectivity index (χ3n) is 3.93. The minimum Gasteiger partial charge on any atom is -0.363 e. The van der Waals surface area contributed by atoms with Crippen molar-refractivity contribution < 1.29 is 0 Å². The number of nitrogens with one attached hydrogen (secondary N) is 2. The van der Waals surface area contributed by atoms with Crippen molar-refractivity contribution in [2.75, 3.05) is 13.1 Å². The number of thiocarbonyl (C=S) groups is 1. The van der Waals surface area contributed by atoms with Crippen LogP contribution in [0.25, 0.3) is 0 Å². The van der Waals surface area contributed by atoms with Crippen LogP contribution in [0.3, 0.4) is 0 Å². The molecule has 4 heteroatoms. The first-order valence-corrected chi connectivity index (χ1v) is 9.77.